The summed E-state index contributed by atoms with van der Waals surface area (Å²) in [6.45, 7) is 9.01. The number of allylic oxidation sites excluding steroid dienone is 2. The zero-order chi connectivity index (χ0) is 14.0. The van der Waals surface area contributed by atoms with Crippen LogP contribution < -0.4 is 5.32 Å². The normalized spacial score (nSPS) is 16.9. The first-order valence-corrected chi connectivity index (χ1v) is 7.07. The van der Waals surface area contributed by atoms with E-state index in [2.05, 4.69) is 87.1 Å². The molecule has 0 aromatic heterocycles. The summed E-state index contributed by atoms with van der Waals surface area (Å²) in [4.78, 5) is 0. The molecule has 0 bridgehead atoms. The summed E-state index contributed by atoms with van der Waals surface area (Å²) < 4.78 is 1.49. The van der Waals surface area contributed by atoms with Crippen molar-refractivity contribution in [3.63, 3.8) is 0 Å². The van der Waals surface area contributed by atoms with Crippen LogP contribution in [0.3, 0.4) is 0 Å². The molecule has 0 heterocycles. The van der Waals surface area contributed by atoms with Gasteiger partial charge in [-0.1, -0.05) is 0 Å². The zero-order valence-electron chi connectivity index (χ0n) is 12.7. The second-order valence-corrected chi connectivity index (χ2v) is 6.65. The van der Waals surface area contributed by atoms with Gasteiger partial charge >= 0.3 is 126 Å². The Bertz CT molecular complexity index is 503. The molecule has 0 fully saturated rings. The van der Waals surface area contributed by atoms with E-state index in [-0.39, 0.29) is 5.41 Å². The van der Waals surface area contributed by atoms with Gasteiger partial charge in [0.15, 0.2) is 0 Å². The monoisotopic (exact) mass is 247 g/mol. The van der Waals surface area contributed by atoms with Crippen molar-refractivity contribution in [2.75, 3.05) is 5.32 Å². The van der Waals surface area contributed by atoms with Gasteiger partial charge in [0.05, 0.1) is 0 Å². The molecule has 2 heteroatoms. The van der Waals surface area contributed by atoms with E-state index in [1.54, 1.807) is 0 Å². The second kappa shape index (κ2) is 5.61. The molecular weight excluding hydrogens is 225 g/mol. The predicted octanol–water partition coefficient (Wildman–Crippen LogP) is 4.20. The van der Waals surface area contributed by atoms with Gasteiger partial charge in [0, 0.05) is 0 Å². The number of anilines is 1. The van der Waals surface area contributed by atoms with E-state index >= 15 is 0 Å². The van der Waals surface area contributed by atoms with Crippen LogP contribution in [0.2, 0.25) is 0 Å². The Morgan fingerprint density at radius 1 is 1.16 bits per heavy atom. The Labute approximate surface area is 126 Å². The van der Waals surface area contributed by atoms with Crippen molar-refractivity contribution in [3.8, 4) is 0 Å². The summed E-state index contributed by atoms with van der Waals surface area (Å²) in [5, 5.41) is 3.71. The maximum atomic E-state index is 3.71. The number of rotatable bonds is 3. The SMILES string of the molecule is [Li][C]1=C(C(Nc2ccc(C)cc2)C(C)(C)C)C=CC1. The molecule has 0 spiro atoms. The van der Waals surface area contributed by atoms with E-state index in [1.807, 2.05) is 0 Å². The van der Waals surface area contributed by atoms with E-state index in [9.17, 15) is 0 Å². The van der Waals surface area contributed by atoms with Crippen LogP contribution in [-0.2, 0) is 0 Å². The number of benzene rings is 1. The summed E-state index contributed by atoms with van der Waals surface area (Å²) in [6, 6.07) is 9.02. The van der Waals surface area contributed by atoms with Crippen LogP contribution in [-0.4, -0.2) is 23.8 Å². The van der Waals surface area contributed by atoms with Gasteiger partial charge < -0.3 is 0 Å². The van der Waals surface area contributed by atoms with Crippen LogP contribution in [0.5, 0.6) is 0 Å². The van der Waals surface area contributed by atoms with Gasteiger partial charge in [0.2, 0.25) is 0 Å². The molecule has 1 nitrogen and oxygen atoms in total. The molecule has 1 aromatic rings. The Kier molecular flexibility index (Phi) is 4.28. The van der Waals surface area contributed by atoms with Gasteiger partial charge in [-0.25, -0.2) is 0 Å². The molecule has 96 valence electrons. The fraction of sp³-hybridized carbons (Fsp3) is 0.412. The van der Waals surface area contributed by atoms with Crippen molar-refractivity contribution in [2.45, 2.75) is 40.2 Å². The molecule has 1 atom stereocenters. The molecule has 0 saturated heterocycles. The van der Waals surface area contributed by atoms with E-state index in [0.717, 1.165) is 6.42 Å². The zero-order valence-corrected chi connectivity index (χ0v) is 12.7. The third kappa shape index (κ3) is 3.56. The Balaban J connectivity index is 2.27. The molecule has 0 amide bonds. The number of aryl methyl sites for hydroxylation is 1. The summed E-state index contributed by atoms with van der Waals surface area (Å²) in [5.74, 6) is 0. The molecule has 1 N–H and O–H groups in total. The standard InChI is InChI=1S/C17H22N.Li/c1-13-9-11-15(12-10-13)18-16(17(2,3)4)14-7-5-6-8-14;/h5,7,9-12,16,18H,6H2,1-4H3;. The summed E-state index contributed by atoms with van der Waals surface area (Å²) in [7, 11) is 0. The Morgan fingerprint density at radius 2 is 1.79 bits per heavy atom. The molecular formula is C17H22LiN. The van der Waals surface area contributed by atoms with Crippen molar-refractivity contribution in [1.82, 2.24) is 0 Å². The van der Waals surface area contributed by atoms with Crippen molar-refractivity contribution in [1.29, 1.82) is 0 Å². The minimum atomic E-state index is 0.191. The van der Waals surface area contributed by atoms with Gasteiger partial charge in [-0.3, -0.25) is 0 Å². The number of hydrogen-bond acceptors (Lipinski definition) is 1. The first-order chi connectivity index (χ1) is 8.88. The van der Waals surface area contributed by atoms with Crippen molar-refractivity contribution in [3.05, 3.63) is 51.8 Å². The molecule has 0 radical (unpaired) electrons. The fourth-order valence-electron chi connectivity index (χ4n) is 2.54. The molecule has 0 aliphatic heterocycles. The van der Waals surface area contributed by atoms with Gasteiger partial charge in [0.1, 0.15) is 0 Å². The summed E-state index contributed by atoms with van der Waals surface area (Å²) >= 11 is 2.24. The average Bonchev–Trinajstić information content (AvgIpc) is 2.73. The minimum absolute atomic E-state index is 0.191. The van der Waals surface area contributed by atoms with E-state index < -0.39 is 0 Å². The van der Waals surface area contributed by atoms with Crippen molar-refractivity contribution in [2.24, 2.45) is 5.41 Å². The first-order valence-electron chi connectivity index (χ1n) is 7.07. The Hall–Kier alpha value is -0.903. The van der Waals surface area contributed by atoms with Crippen LogP contribution in [0, 0.1) is 12.3 Å². The summed E-state index contributed by atoms with van der Waals surface area (Å²) in [6.07, 6.45) is 5.64. The second-order valence-electron chi connectivity index (χ2n) is 6.65. The number of hydrogen-bond donors (Lipinski definition) is 1. The predicted molar refractivity (Wildman–Crippen MR) is 84.6 cm³/mol. The molecule has 0 saturated carbocycles. The van der Waals surface area contributed by atoms with Gasteiger partial charge in [-0.05, 0) is 0 Å². The quantitative estimate of drug-likeness (QED) is 0.789. The van der Waals surface area contributed by atoms with Crippen molar-refractivity contribution >= 4 is 23.4 Å². The van der Waals surface area contributed by atoms with Gasteiger partial charge in [0.25, 0.3) is 0 Å². The van der Waals surface area contributed by atoms with Crippen LogP contribution in [0.15, 0.2) is 46.2 Å². The first kappa shape index (κ1) is 14.5. The average molecular weight is 247 g/mol. The molecule has 19 heavy (non-hydrogen) atoms. The van der Waals surface area contributed by atoms with Crippen LogP contribution in [0.25, 0.3) is 0 Å². The molecule has 1 aromatic carbocycles. The third-order valence-electron chi connectivity index (χ3n) is 3.75. The molecule has 1 unspecified atom stereocenters. The van der Waals surface area contributed by atoms with Gasteiger partial charge in [-0.2, -0.15) is 0 Å². The Morgan fingerprint density at radius 3 is 2.26 bits per heavy atom. The third-order valence-corrected chi connectivity index (χ3v) is 3.75. The van der Waals surface area contributed by atoms with E-state index in [0.29, 0.717) is 6.04 Å². The maximum absolute atomic E-state index is 3.71. The van der Waals surface area contributed by atoms with Crippen molar-refractivity contribution < 1.29 is 0 Å². The molecule has 2 rings (SSSR count). The van der Waals surface area contributed by atoms with Crippen LogP contribution in [0.4, 0.5) is 5.69 Å². The van der Waals surface area contributed by atoms with Gasteiger partial charge in [-0.15, -0.1) is 0 Å². The van der Waals surface area contributed by atoms with E-state index in [4.69, 9.17) is 0 Å². The molecule has 1 aliphatic carbocycles. The topological polar surface area (TPSA) is 12.0 Å². The molecule has 1 aliphatic rings. The van der Waals surface area contributed by atoms with E-state index in [1.165, 1.54) is 21.1 Å². The number of nitrogens with one attached hydrogen (secondary N) is 1. The fourth-order valence-corrected chi connectivity index (χ4v) is 2.54. The van der Waals surface area contributed by atoms with Crippen LogP contribution in [0.1, 0.15) is 32.8 Å². The summed E-state index contributed by atoms with van der Waals surface area (Å²) in [5.41, 5.74) is 4.14. The van der Waals surface area contributed by atoms with Crippen LogP contribution >= 0.6 is 0 Å².